The van der Waals surface area contributed by atoms with Crippen LogP contribution in [-0.2, 0) is 10.2 Å². The first kappa shape index (κ1) is 13.7. The van der Waals surface area contributed by atoms with Crippen LogP contribution in [-0.4, -0.2) is 26.7 Å². The summed E-state index contributed by atoms with van der Waals surface area (Å²) in [6, 6.07) is 1.77. The molecule has 0 heterocycles. The molecule has 0 spiro atoms. The number of hydrogen-bond acceptors (Lipinski definition) is 6. The van der Waals surface area contributed by atoms with Crippen molar-refractivity contribution in [1.82, 2.24) is 0 Å². The molecule has 0 N–H and O–H groups in total. The Morgan fingerprint density at radius 1 is 1.47 bits per heavy atom. The zero-order valence-electron chi connectivity index (χ0n) is 8.84. The van der Waals surface area contributed by atoms with Gasteiger partial charge in [-0.3, -0.25) is 10.1 Å². The molecule has 0 unspecified atom stereocenters. The molecule has 0 radical (unpaired) electrons. The van der Waals surface area contributed by atoms with E-state index >= 15 is 0 Å². The van der Waals surface area contributed by atoms with Gasteiger partial charge in [0.25, 0.3) is 0 Å². The molecule has 0 bridgehead atoms. The molecule has 0 aliphatic heterocycles. The van der Waals surface area contributed by atoms with Gasteiger partial charge in [-0.25, -0.2) is 0 Å². The zero-order chi connectivity index (χ0) is 13.2. The highest BCUT2D eigenvalue weighted by Crippen LogP contribution is 2.37. The Labute approximate surface area is 101 Å². The van der Waals surface area contributed by atoms with Gasteiger partial charge in [0.1, 0.15) is 4.90 Å². The standard InChI is InChI=1S/C8H8FNO5S2/c1-15-6-4-7(16-2)8(17(9,13)14)3-5(6)10(11)12/h3-4H,1-2H3. The number of nitrogens with zero attached hydrogens (tertiary/aromatic N) is 1. The molecule has 1 aromatic rings. The van der Waals surface area contributed by atoms with Gasteiger partial charge in [0.15, 0.2) is 5.75 Å². The van der Waals surface area contributed by atoms with Crippen molar-refractivity contribution in [3.63, 3.8) is 0 Å². The number of methoxy groups -OCH3 is 1. The second-order valence-electron chi connectivity index (χ2n) is 2.87. The maximum atomic E-state index is 12.9. The zero-order valence-corrected chi connectivity index (χ0v) is 10.5. The van der Waals surface area contributed by atoms with E-state index in [1.54, 1.807) is 0 Å². The van der Waals surface area contributed by atoms with E-state index in [2.05, 4.69) is 0 Å². The smallest absolute Gasteiger partial charge is 0.333 e. The first-order chi connectivity index (χ1) is 7.81. The number of rotatable bonds is 4. The number of hydrogen-bond donors (Lipinski definition) is 0. The van der Waals surface area contributed by atoms with Gasteiger partial charge < -0.3 is 4.74 Å². The molecule has 0 saturated carbocycles. The monoisotopic (exact) mass is 281 g/mol. The lowest BCUT2D eigenvalue weighted by atomic mass is 10.3. The number of nitro benzene ring substituents is 1. The lowest BCUT2D eigenvalue weighted by Gasteiger charge is -2.07. The van der Waals surface area contributed by atoms with Crippen LogP contribution in [0.5, 0.6) is 5.75 Å². The normalized spacial score (nSPS) is 11.2. The van der Waals surface area contributed by atoms with E-state index in [0.29, 0.717) is 6.07 Å². The van der Waals surface area contributed by atoms with E-state index in [1.807, 2.05) is 0 Å². The Kier molecular flexibility index (Phi) is 3.94. The topological polar surface area (TPSA) is 86.5 Å². The van der Waals surface area contributed by atoms with Crippen LogP contribution in [0.4, 0.5) is 9.57 Å². The highest BCUT2D eigenvalue weighted by Gasteiger charge is 2.25. The van der Waals surface area contributed by atoms with Crippen LogP contribution in [0.15, 0.2) is 21.9 Å². The Morgan fingerprint density at radius 2 is 2.06 bits per heavy atom. The van der Waals surface area contributed by atoms with Crippen molar-refractivity contribution in [2.24, 2.45) is 0 Å². The van der Waals surface area contributed by atoms with Crippen LogP contribution >= 0.6 is 11.8 Å². The number of ether oxygens (including phenoxy) is 1. The van der Waals surface area contributed by atoms with Crippen molar-refractivity contribution in [1.29, 1.82) is 0 Å². The molecule has 0 aliphatic rings. The van der Waals surface area contributed by atoms with Crippen molar-refractivity contribution >= 4 is 27.7 Å². The molecule has 1 aromatic carbocycles. The van der Waals surface area contributed by atoms with Gasteiger partial charge in [0.2, 0.25) is 0 Å². The van der Waals surface area contributed by atoms with Gasteiger partial charge >= 0.3 is 15.9 Å². The summed E-state index contributed by atoms with van der Waals surface area (Å²) in [7, 11) is -3.80. The third-order valence-electron chi connectivity index (χ3n) is 1.92. The third kappa shape index (κ3) is 2.86. The van der Waals surface area contributed by atoms with Crippen molar-refractivity contribution in [2.75, 3.05) is 13.4 Å². The Balaban J connectivity index is 3.62. The highest BCUT2D eigenvalue weighted by molar-refractivity contribution is 7.99. The van der Waals surface area contributed by atoms with E-state index < -0.39 is 25.7 Å². The maximum absolute atomic E-state index is 12.9. The van der Waals surface area contributed by atoms with E-state index in [4.69, 9.17) is 4.74 Å². The second kappa shape index (κ2) is 4.88. The summed E-state index contributed by atoms with van der Waals surface area (Å²) in [5, 5.41) is 10.7. The average molecular weight is 281 g/mol. The minimum atomic E-state index is -5.01. The average Bonchev–Trinajstić information content (AvgIpc) is 2.25. The van der Waals surface area contributed by atoms with Crippen LogP contribution in [0.1, 0.15) is 0 Å². The third-order valence-corrected chi connectivity index (χ3v) is 3.69. The van der Waals surface area contributed by atoms with Gasteiger partial charge in [-0.1, -0.05) is 0 Å². The Morgan fingerprint density at radius 3 is 2.41 bits per heavy atom. The minimum absolute atomic E-state index is 0.0509. The fourth-order valence-electron chi connectivity index (χ4n) is 1.19. The van der Waals surface area contributed by atoms with Gasteiger partial charge in [-0.2, -0.15) is 8.42 Å². The number of thioether (sulfide) groups is 1. The molecule has 0 saturated heterocycles. The van der Waals surface area contributed by atoms with E-state index in [1.165, 1.54) is 13.4 Å². The SMILES string of the molecule is COc1cc(SC)c(S(=O)(=O)F)cc1[N+](=O)[O-]. The summed E-state index contributed by atoms with van der Waals surface area (Å²) >= 11 is 0.950. The largest absolute Gasteiger partial charge is 0.490 e. The van der Waals surface area contributed by atoms with Crippen LogP contribution in [0.3, 0.4) is 0 Å². The minimum Gasteiger partial charge on any atom is -0.490 e. The summed E-state index contributed by atoms with van der Waals surface area (Å²) in [6.07, 6.45) is 1.52. The van der Waals surface area contributed by atoms with Crippen LogP contribution in [0, 0.1) is 10.1 Å². The van der Waals surface area contributed by atoms with Gasteiger partial charge in [0, 0.05) is 17.0 Å². The lowest BCUT2D eigenvalue weighted by molar-refractivity contribution is -0.386. The highest BCUT2D eigenvalue weighted by atomic mass is 32.3. The van der Waals surface area contributed by atoms with Gasteiger partial charge in [0.05, 0.1) is 12.0 Å². The second-order valence-corrected chi connectivity index (χ2v) is 5.03. The molecule has 6 nitrogen and oxygen atoms in total. The molecule has 0 atom stereocenters. The van der Waals surface area contributed by atoms with Crippen LogP contribution < -0.4 is 4.74 Å². The molecule has 9 heteroatoms. The summed E-state index contributed by atoms with van der Waals surface area (Å²) in [5.74, 6) is -0.119. The molecule has 1 rings (SSSR count). The van der Waals surface area contributed by atoms with Crippen molar-refractivity contribution in [2.45, 2.75) is 9.79 Å². The summed E-state index contributed by atoms with van der Waals surface area (Å²) in [4.78, 5) is 9.15. The Hall–Kier alpha value is -1.35. The predicted octanol–water partition coefficient (Wildman–Crippen LogP) is 1.98. The fraction of sp³-hybridized carbons (Fsp3) is 0.250. The number of halogens is 1. The number of nitro groups is 1. The molecule has 94 valence electrons. The van der Waals surface area contributed by atoms with Crippen LogP contribution in [0.25, 0.3) is 0 Å². The molecule has 0 aliphatic carbocycles. The first-order valence-corrected chi connectivity index (χ1v) is 6.77. The summed E-state index contributed by atoms with van der Waals surface area (Å²) < 4.78 is 39.4. The Bertz CT molecular complexity index is 557. The first-order valence-electron chi connectivity index (χ1n) is 4.16. The van der Waals surface area contributed by atoms with Gasteiger partial charge in [-0.15, -0.1) is 15.6 Å². The fourth-order valence-corrected chi connectivity index (χ4v) is 2.77. The molecular weight excluding hydrogens is 273 g/mol. The van der Waals surface area contributed by atoms with Crippen molar-refractivity contribution < 1.29 is 22.0 Å². The van der Waals surface area contributed by atoms with E-state index in [-0.39, 0.29) is 10.6 Å². The molecule has 0 amide bonds. The maximum Gasteiger partial charge on any atom is 0.333 e. The summed E-state index contributed by atoms with van der Waals surface area (Å²) in [6.45, 7) is 0. The molecule has 0 aromatic heterocycles. The lowest BCUT2D eigenvalue weighted by Crippen LogP contribution is -2.00. The summed E-state index contributed by atoms with van der Waals surface area (Å²) in [5.41, 5.74) is -0.596. The quantitative estimate of drug-likeness (QED) is 0.363. The van der Waals surface area contributed by atoms with Crippen molar-refractivity contribution in [3.05, 3.63) is 22.2 Å². The van der Waals surface area contributed by atoms with Crippen LogP contribution in [0.2, 0.25) is 0 Å². The molecular formula is C8H8FNO5S2. The molecule has 17 heavy (non-hydrogen) atoms. The van der Waals surface area contributed by atoms with Gasteiger partial charge in [-0.05, 0) is 6.26 Å². The van der Waals surface area contributed by atoms with Crippen molar-refractivity contribution in [3.8, 4) is 5.75 Å². The molecule has 0 fully saturated rings. The predicted molar refractivity (Wildman–Crippen MR) is 59.7 cm³/mol. The van der Waals surface area contributed by atoms with E-state index in [9.17, 15) is 22.4 Å². The number of benzene rings is 1. The van der Waals surface area contributed by atoms with E-state index in [0.717, 1.165) is 17.8 Å².